The Labute approximate surface area is 160 Å². The van der Waals surface area contributed by atoms with Crippen LogP contribution in [0, 0.1) is 0 Å². The predicted octanol–water partition coefficient (Wildman–Crippen LogP) is 6.28. The summed E-state index contributed by atoms with van der Waals surface area (Å²) in [5.74, 6) is 0. The van der Waals surface area contributed by atoms with E-state index in [1.807, 2.05) is 12.1 Å². The van der Waals surface area contributed by atoms with Gasteiger partial charge in [0.25, 0.3) is 0 Å². The fraction of sp³-hybridized carbons (Fsp3) is 0.0400. The number of hydrogen-bond acceptors (Lipinski definition) is 2. The van der Waals surface area contributed by atoms with Crippen molar-refractivity contribution in [3.05, 3.63) is 115 Å². The van der Waals surface area contributed by atoms with Crippen molar-refractivity contribution in [2.75, 3.05) is 4.90 Å². The fourth-order valence-electron chi connectivity index (χ4n) is 3.24. The molecule has 0 bridgehead atoms. The lowest BCUT2D eigenvalue weighted by molar-refractivity contribution is 1.07. The SMILES string of the molecule is NCc1ccc(-c2ccc(N(c3ccccc3)c3ccccc3)cc2)cc1. The summed E-state index contributed by atoms with van der Waals surface area (Å²) in [6, 6.07) is 38.0. The molecule has 0 aliphatic carbocycles. The van der Waals surface area contributed by atoms with Gasteiger partial charge in [0.05, 0.1) is 0 Å². The van der Waals surface area contributed by atoms with Crippen molar-refractivity contribution in [3.63, 3.8) is 0 Å². The number of hydrogen-bond donors (Lipinski definition) is 1. The summed E-state index contributed by atoms with van der Waals surface area (Å²) in [7, 11) is 0. The monoisotopic (exact) mass is 350 g/mol. The molecular weight excluding hydrogens is 328 g/mol. The van der Waals surface area contributed by atoms with Crippen molar-refractivity contribution >= 4 is 17.1 Å². The minimum absolute atomic E-state index is 0.572. The highest BCUT2D eigenvalue weighted by Gasteiger charge is 2.11. The zero-order valence-electron chi connectivity index (χ0n) is 15.1. The largest absolute Gasteiger partial charge is 0.326 e. The molecule has 4 aromatic rings. The third-order valence-corrected chi connectivity index (χ3v) is 4.68. The van der Waals surface area contributed by atoms with Gasteiger partial charge >= 0.3 is 0 Å². The summed E-state index contributed by atoms with van der Waals surface area (Å²) in [6.07, 6.45) is 0. The molecular formula is C25H22N2. The summed E-state index contributed by atoms with van der Waals surface area (Å²) < 4.78 is 0. The maximum atomic E-state index is 5.70. The molecule has 0 aromatic heterocycles. The van der Waals surface area contributed by atoms with Crippen LogP contribution in [0.3, 0.4) is 0 Å². The zero-order valence-corrected chi connectivity index (χ0v) is 15.1. The van der Waals surface area contributed by atoms with Crippen LogP contribution in [0.2, 0.25) is 0 Å². The molecule has 4 rings (SSSR count). The van der Waals surface area contributed by atoms with Gasteiger partial charge in [-0.2, -0.15) is 0 Å². The van der Waals surface area contributed by atoms with Crippen LogP contribution >= 0.6 is 0 Å². The predicted molar refractivity (Wildman–Crippen MR) is 114 cm³/mol. The van der Waals surface area contributed by atoms with Gasteiger partial charge in [0.15, 0.2) is 0 Å². The zero-order chi connectivity index (χ0) is 18.5. The first-order valence-electron chi connectivity index (χ1n) is 9.15. The Morgan fingerprint density at radius 3 is 1.33 bits per heavy atom. The summed E-state index contributed by atoms with van der Waals surface area (Å²) in [5.41, 5.74) is 12.7. The van der Waals surface area contributed by atoms with Crippen molar-refractivity contribution in [2.45, 2.75) is 6.54 Å². The molecule has 0 saturated carbocycles. The fourth-order valence-corrected chi connectivity index (χ4v) is 3.24. The lowest BCUT2D eigenvalue weighted by Crippen LogP contribution is -2.09. The van der Waals surface area contributed by atoms with Crippen molar-refractivity contribution in [1.29, 1.82) is 0 Å². The van der Waals surface area contributed by atoms with E-state index >= 15 is 0 Å². The van der Waals surface area contributed by atoms with Gasteiger partial charge in [-0.25, -0.2) is 0 Å². The van der Waals surface area contributed by atoms with Crippen LogP contribution in [0.1, 0.15) is 5.56 Å². The molecule has 27 heavy (non-hydrogen) atoms. The molecule has 0 radical (unpaired) electrons. The summed E-state index contributed by atoms with van der Waals surface area (Å²) >= 11 is 0. The van der Waals surface area contributed by atoms with E-state index in [4.69, 9.17) is 5.73 Å². The van der Waals surface area contributed by atoms with E-state index in [-0.39, 0.29) is 0 Å². The summed E-state index contributed by atoms with van der Waals surface area (Å²) in [4.78, 5) is 2.27. The van der Waals surface area contributed by atoms with Gasteiger partial charge in [-0.15, -0.1) is 0 Å². The standard InChI is InChI=1S/C25H22N2/c26-19-20-11-13-21(14-12-20)22-15-17-25(18-16-22)27(23-7-3-1-4-8-23)24-9-5-2-6-10-24/h1-18H,19,26H2. The first kappa shape index (κ1) is 17.1. The minimum Gasteiger partial charge on any atom is -0.326 e. The van der Waals surface area contributed by atoms with Gasteiger partial charge < -0.3 is 10.6 Å². The van der Waals surface area contributed by atoms with Crippen LogP contribution in [-0.4, -0.2) is 0 Å². The van der Waals surface area contributed by atoms with E-state index in [9.17, 15) is 0 Å². The molecule has 4 aromatic carbocycles. The number of nitrogens with zero attached hydrogens (tertiary/aromatic N) is 1. The summed E-state index contributed by atoms with van der Waals surface area (Å²) in [6.45, 7) is 0.572. The van der Waals surface area contributed by atoms with Crippen molar-refractivity contribution in [3.8, 4) is 11.1 Å². The topological polar surface area (TPSA) is 29.3 Å². The maximum Gasteiger partial charge on any atom is 0.0462 e. The Morgan fingerprint density at radius 1 is 0.481 bits per heavy atom. The molecule has 0 atom stereocenters. The molecule has 0 fully saturated rings. The Hall–Kier alpha value is -3.36. The molecule has 132 valence electrons. The Balaban J connectivity index is 1.70. The van der Waals surface area contributed by atoms with E-state index in [0.29, 0.717) is 6.54 Å². The molecule has 2 N–H and O–H groups in total. The minimum atomic E-state index is 0.572. The van der Waals surface area contributed by atoms with Crippen molar-refractivity contribution in [1.82, 2.24) is 0 Å². The highest BCUT2D eigenvalue weighted by atomic mass is 15.1. The first-order valence-corrected chi connectivity index (χ1v) is 9.15. The lowest BCUT2D eigenvalue weighted by Gasteiger charge is -2.25. The van der Waals surface area contributed by atoms with Gasteiger partial charge in [-0.1, -0.05) is 72.8 Å². The Bertz CT molecular complexity index is 936. The average Bonchev–Trinajstić information content (AvgIpc) is 2.76. The third-order valence-electron chi connectivity index (χ3n) is 4.68. The number of benzene rings is 4. The Kier molecular flexibility index (Phi) is 4.99. The molecule has 0 aliphatic rings. The second kappa shape index (κ2) is 7.90. The number of para-hydroxylation sites is 2. The van der Waals surface area contributed by atoms with E-state index in [1.54, 1.807) is 0 Å². The molecule has 0 unspecified atom stereocenters. The molecule has 2 nitrogen and oxygen atoms in total. The average molecular weight is 350 g/mol. The molecule has 0 aliphatic heterocycles. The van der Waals surface area contributed by atoms with E-state index in [1.165, 1.54) is 11.1 Å². The van der Waals surface area contributed by atoms with Crippen LogP contribution < -0.4 is 10.6 Å². The lowest BCUT2D eigenvalue weighted by atomic mass is 10.0. The second-order valence-electron chi connectivity index (χ2n) is 6.45. The van der Waals surface area contributed by atoms with Gasteiger partial charge in [0.1, 0.15) is 0 Å². The number of nitrogens with two attached hydrogens (primary N) is 1. The van der Waals surface area contributed by atoms with Gasteiger partial charge in [0.2, 0.25) is 0 Å². The van der Waals surface area contributed by atoms with E-state index in [2.05, 4.69) is 102 Å². The number of anilines is 3. The maximum absolute atomic E-state index is 5.70. The second-order valence-corrected chi connectivity index (χ2v) is 6.45. The van der Waals surface area contributed by atoms with Crippen LogP contribution in [0.25, 0.3) is 11.1 Å². The van der Waals surface area contributed by atoms with Crippen LogP contribution in [0.4, 0.5) is 17.1 Å². The van der Waals surface area contributed by atoms with Crippen LogP contribution in [-0.2, 0) is 6.54 Å². The molecule has 2 heteroatoms. The van der Waals surface area contributed by atoms with Crippen LogP contribution in [0.15, 0.2) is 109 Å². The van der Waals surface area contributed by atoms with E-state index in [0.717, 1.165) is 22.6 Å². The molecule has 0 heterocycles. The van der Waals surface area contributed by atoms with Gasteiger partial charge in [-0.3, -0.25) is 0 Å². The quantitative estimate of drug-likeness (QED) is 0.459. The van der Waals surface area contributed by atoms with Gasteiger partial charge in [-0.05, 0) is 53.1 Å². The summed E-state index contributed by atoms with van der Waals surface area (Å²) in [5, 5.41) is 0. The van der Waals surface area contributed by atoms with Crippen LogP contribution in [0.5, 0.6) is 0 Å². The highest BCUT2D eigenvalue weighted by molar-refractivity contribution is 5.78. The highest BCUT2D eigenvalue weighted by Crippen LogP contribution is 2.35. The van der Waals surface area contributed by atoms with Crippen molar-refractivity contribution < 1.29 is 0 Å². The number of rotatable bonds is 5. The normalized spacial score (nSPS) is 10.6. The molecule has 0 spiro atoms. The van der Waals surface area contributed by atoms with Gasteiger partial charge in [0, 0.05) is 23.6 Å². The smallest absolute Gasteiger partial charge is 0.0462 e. The molecule has 0 saturated heterocycles. The first-order chi connectivity index (χ1) is 13.3. The molecule has 0 amide bonds. The van der Waals surface area contributed by atoms with E-state index < -0.39 is 0 Å². The Morgan fingerprint density at radius 2 is 0.889 bits per heavy atom. The third kappa shape index (κ3) is 3.76. The van der Waals surface area contributed by atoms with Crippen molar-refractivity contribution in [2.24, 2.45) is 5.73 Å².